The molecule has 1 N–H and O–H groups in total. The van der Waals surface area contributed by atoms with Gasteiger partial charge >= 0.3 is 7.60 Å². The van der Waals surface area contributed by atoms with E-state index in [2.05, 4.69) is 5.32 Å². The summed E-state index contributed by atoms with van der Waals surface area (Å²) in [6.07, 6.45) is 1.77. The lowest BCUT2D eigenvalue weighted by Crippen LogP contribution is -2.31. The zero-order valence-electron chi connectivity index (χ0n) is 8.99. The summed E-state index contributed by atoms with van der Waals surface area (Å²) in [6, 6.07) is 0. The molecule has 1 aliphatic rings. The van der Waals surface area contributed by atoms with Crippen LogP contribution in [0.15, 0.2) is 0 Å². The summed E-state index contributed by atoms with van der Waals surface area (Å²) in [5.41, 5.74) is 0.0867. The van der Waals surface area contributed by atoms with Crippen molar-refractivity contribution in [1.29, 1.82) is 0 Å². The Balaban J connectivity index is 2.59. The van der Waals surface area contributed by atoms with Crippen molar-refractivity contribution in [2.75, 3.05) is 26.3 Å². The SMILES string of the molecule is CCOP(=O)(OCC)C1CCNCC1. The molecular weight excluding hydrogens is 201 g/mol. The summed E-state index contributed by atoms with van der Waals surface area (Å²) in [6.45, 7) is 6.45. The topological polar surface area (TPSA) is 47.6 Å². The van der Waals surface area contributed by atoms with Gasteiger partial charge in [0.2, 0.25) is 0 Å². The third-order valence-corrected chi connectivity index (χ3v) is 5.02. The Morgan fingerprint density at radius 2 is 1.71 bits per heavy atom. The minimum Gasteiger partial charge on any atom is -0.317 e. The van der Waals surface area contributed by atoms with Gasteiger partial charge in [-0.2, -0.15) is 0 Å². The molecule has 0 radical (unpaired) electrons. The molecule has 4 nitrogen and oxygen atoms in total. The van der Waals surface area contributed by atoms with E-state index in [4.69, 9.17) is 9.05 Å². The molecule has 0 atom stereocenters. The standard InChI is InChI=1S/C9H20NO3P/c1-3-12-14(11,13-4-2)9-5-7-10-8-6-9/h9-10H,3-8H2,1-2H3. The van der Waals surface area contributed by atoms with Crippen LogP contribution in [0.3, 0.4) is 0 Å². The molecule has 1 heterocycles. The van der Waals surface area contributed by atoms with E-state index in [0.717, 1.165) is 25.9 Å². The van der Waals surface area contributed by atoms with Gasteiger partial charge in [0, 0.05) is 0 Å². The molecule has 1 aliphatic heterocycles. The lowest BCUT2D eigenvalue weighted by Gasteiger charge is -2.29. The maximum absolute atomic E-state index is 12.3. The van der Waals surface area contributed by atoms with Crippen molar-refractivity contribution in [3.63, 3.8) is 0 Å². The highest BCUT2D eigenvalue weighted by Gasteiger charge is 2.35. The first-order valence-electron chi connectivity index (χ1n) is 5.32. The number of hydrogen-bond donors (Lipinski definition) is 1. The zero-order chi connectivity index (χ0) is 10.4. The van der Waals surface area contributed by atoms with Crippen molar-refractivity contribution in [2.45, 2.75) is 32.3 Å². The largest absolute Gasteiger partial charge is 0.333 e. The van der Waals surface area contributed by atoms with Gasteiger partial charge in [0.05, 0.1) is 18.9 Å². The fourth-order valence-electron chi connectivity index (χ4n) is 1.73. The normalized spacial score (nSPS) is 19.9. The van der Waals surface area contributed by atoms with Gasteiger partial charge in [0.1, 0.15) is 0 Å². The summed E-state index contributed by atoms with van der Waals surface area (Å²) in [4.78, 5) is 0. The van der Waals surface area contributed by atoms with Crippen LogP contribution in [-0.4, -0.2) is 32.0 Å². The molecular formula is C9H20NO3P. The first-order chi connectivity index (χ1) is 6.73. The van der Waals surface area contributed by atoms with Crippen molar-refractivity contribution in [1.82, 2.24) is 5.32 Å². The van der Waals surface area contributed by atoms with E-state index in [1.54, 1.807) is 0 Å². The second-order valence-corrected chi connectivity index (χ2v) is 5.68. The van der Waals surface area contributed by atoms with Crippen LogP contribution < -0.4 is 5.32 Å². The summed E-state index contributed by atoms with van der Waals surface area (Å²) in [5, 5.41) is 3.24. The Morgan fingerprint density at radius 1 is 1.21 bits per heavy atom. The van der Waals surface area contributed by atoms with Gasteiger partial charge in [-0.15, -0.1) is 0 Å². The number of hydrogen-bond acceptors (Lipinski definition) is 4. The Labute approximate surface area is 85.9 Å². The van der Waals surface area contributed by atoms with Crippen LogP contribution in [0, 0.1) is 0 Å². The van der Waals surface area contributed by atoms with E-state index in [9.17, 15) is 4.57 Å². The lowest BCUT2D eigenvalue weighted by atomic mass is 10.2. The highest BCUT2D eigenvalue weighted by molar-refractivity contribution is 7.54. The minimum absolute atomic E-state index is 0.0867. The van der Waals surface area contributed by atoms with Crippen LogP contribution in [0.5, 0.6) is 0 Å². The Hall–Kier alpha value is 0.110. The van der Waals surface area contributed by atoms with Crippen LogP contribution in [0.2, 0.25) is 0 Å². The fourth-order valence-corrected chi connectivity index (χ4v) is 3.84. The first kappa shape index (κ1) is 12.2. The summed E-state index contributed by atoms with van der Waals surface area (Å²) in [5.74, 6) is 0. The van der Waals surface area contributed by atoms with Crippen molar-refractivity contribution in [2.24, 2.45) is 0 Å². The third-order valence-electron chi connectivity index (χ3n) is 2.37. The molecule has 1 rings (SSSR count). The zero-order valence-corrected chi connectivity index (χ0v) is 9.89. The average Bonchev–Trinajstić information content (AvgIpc) is 2.20. The molecule has 84 valence electrons. The maximum Gasteiger partial charge on any atom is 0.333 e. The summed E-state index contributed by atoms with van der Waals surface area (Å²) in [7, 11) is -2.83. The second kappa shape index (κ2) is 5.86. The molecule has 14 heavy (non-hydrogen) atoms. The Bertz CT molecular complexity index is 194. The van der Waals surface area contributed by atoms with Gasteiger partial charge in [-0.1, -0.05) is 0 Å². The molecule has 0 saturated carbocycles. The molecule has 0 aliphatic carbocycles. The summed E-state index contributed by atoms with van der Waals surface area (Å²) < 4.78 is 22.9. The smallest absolute Gasteiger partial charge is 0.317 e. The van der Waals surface area contributed by atoms with E-state index in [1.807, 2.05) is 13.8 Å². The Kier molecular flexibility index (Phi) is 5.10. The van der Waals surface area contributed by atoms with E-state index in [0.29, 0.717) is 13.2 Å². The number of nitrogens with one attached hydrogen (secondary N) is 1. The molecule has 0 amide bonds. The van der Waals surface area contributed by atoms with Gasteiger partial charge in [-0.25, -0.2) is 0 Å². The van der Waals surface area contributed by atoms with Crippen molar-refractivity contribution in [3.8, 4) is 0 Å². The van der Waals surface area contributed by atoms with E-state index < -0.39 is 7.60 Å². The number of piperidine rings is 1. The van der Waals surface area contributed by atoms with E-state index >= 15 is 0 Å². The minimum atomic E-state index is -2.83. The average molecular weight is 221 g/mol. The molecule has 1 fully saturated rings. The van der Waals surface area contributed by atoms with Crippen LogP contribution in [0.4, 0.5) is 0 Å². The van der Waals surface area contributed by atoms with Crippen LogP contribution in [0.1, 0.15) is 26.7 Å². The Morgan fingerprint density at radius 3 is 2.14 bits per heavy atom. The molecule has 0 spiro atoms. The van der Waals surface area contributed by atoms with E-state index in [-0.39, 0.29) is 5.66 Å². The predicted molar refractivity (Wildman–Crippen MR) is 56.8 cm³/mol. The highest BCUT2D eigenvalue weighted by atomic mass is 31.2. The monoisotopic (exact) mass is 221 g/mol. The molecule has 0 aromatic rings. The van der Waals surface area contributed by atoms with Crippen LogP contribution in [0.25, 0.3) is 0 Å². The van der Waals surface area contributed by atoms with Crippen molar-refractivity contribution < 1.29 is 13.6 Å². The van der Waals surface area contributed by atoms with Crippen LogP contribution in [-0.2, 0) is 13.6 Å². The van der Waals surface area contributed by atoms with Crippen molar-refractivity contribution >= 4 is 7.60 Å². The highest BCUT2D eigenvalue weighted by Crippen LogP contribution is 2.55. The fraction of sp³-hybridized carbons (Fsp3) is 1.00. The van der Waals surface area contributed by atoms with E-state index in [1.165, 1.54) is 0 Å². The quantitative estimate of drug-likeness (QED) is 0.721. The van der Waals surface area contributed by atoms with Gasteiger partial charge in [-0.05, 0) is 39.8 Å². The van der Waals surface area contributed by atoms with Gasteiger partial charge in [0.25, 0.3) is 0 Å². The molecule has 0 aromatic heterocycles. The lowest BCUT2D eigenvalue weighted by molar-refractivity contribution is 0.206. The second-order valence-electron chi connectivity index (χ2n) is 3.36. The van der Waals surface area contributed by atoms with Gasteiger partial charge in [0.15, 0.2) is 0 Å². The van der Waals surface area contributed by atoms with Gasteiger partial charge in [-0.3, -0.25) is 4.57 Å². The van der Waals surface area contributed by atoms with Crippen LogP contribution >= 0.6 is 7.60 Å². The molecule has 1 saturated heterocycles. The maximum atomic E-state index is 12.3. The molecule has 0 unspecified atom stereocenters. The number of rotatable bonds is 5. The first-order valence-corrected chi connectivity index (χ1v) is 6.93. The summed E-state index contributed by atoms with van der Waals surface area (Å²) >= 11 is 0. The molecule has 0 bridgehead atoms. The predicted octanol–water partition coefficient (Wildman–Crippen LogP) is 2.00. The third kappa shape index (κ3) is 3.06. The molecule has 0 aromatic carbocycles. The van der Waals surface area contributed by atoms with Crippen molar-refractivity contribution in [3.05, 3.63) is 0 Å². The molecule has 5 heteroatoms. The van der Waals surface area contributed by atoms with Gasteiger partial charge < -0.3 is 14.4 Å².